The fraction of sp³-hybridized carbons (Fsp3) is 0.0690. The lowest BCUT2D eigenvalue weighted by Crippen LogP contribution is -2.50. The predicted octanol–water partition coefficient (Wildman–Crippen LogP) is 4.93. The summed E-state index contributed by atoms with van der Waals surface area (Å²) in [5.74, 6) is -1.21. The van der Waals surface area contributed by atoms with Gasteiger partial charge in [0.2, 0.25) is 0 Å². The van der Waals surface area contributed by atoms with E-state index in [1.54, 1.807) is 60.5 Å². The van der Waals surface area contributed by atoms with Crippen molar-refractivity contribution >= 4 is 34.8 Å². The zero-order valence-corrected chi connectivity index (χ0v) is 19.7. The number of benzene rings is 4. The molecule has 0 bridgehead atoms. The van der Waals surface area contributed by atoms with Crippen molar-refractivity contribution in [2.75, 3.05) is 10.3 Å². The Balaban J connectivity index is 1.47. The smallest absolute Gasteiger partial charge is 0.261 e. The summed E-state index contributed by atoms with van der Waals surface area (Å²) in [6.07, 6.45) is 0. The van der Waals surface area contributed by atoms with Gasteiger partial charge in [-0.1, -0.05) is 66.7 Å². The van der Waals surface area contributed by atoms with Gasteiger partial charge >= 0.3 is 0 Å². The molecule has 1 unspecified atom stereocenters. The molecule has 0 fully saturated rings. The summed E-state index contributed by atoms with van der Waals surface area (Å²) in [6, 6.07) is 33.4. The zero-order chi connectivity index (χ0) is 25.3. The number of para-hydroxylation sites is 3. The Labute approximate surface area is 209 Å². The van der Waals surface area contributed by atoms with Crippen molar-refractivity contribution in [2.45, 2.75) is 13.0 Å². The van der Waals surface area contributed by atoms with E-state index in [2.05, 4.69) is 16.1 Å². The number of hydrogen-bond acceptors (Lipinski definition) is 4. The first-order chi connectivity index (χ1) is 17.5. The first-order valence-electron chi connectivity index (χ1n) is 11.5. The monoisotopic (exact) mass is 478 g/mol. The average molecular weight is 479 g/mol. The second-order valence-corrected chi connectivity index (χ2v) is 8.04. The number of amides is 3. The van der Waals surface area contributed by atoms with E-state index >= 15 is 0 Å². The Morgan fingerprint density at radius 2 is 1.14 bits per heavy atom. The highest BCUT2D eigenvalue weighted by Crippen LogP contribution is 2.22. The summed E-state index contributed by atoms with van der Waals surface area (Å²) in [6.45, 7) is 1.60. The van der Waals surface area contributed by atoms with Crippen LogP contribution in [0.5, 0.6) is 0 Å². The van der Waals surface area contributed by atoms with Crippen LogP contribution in [0.1, 0.15) is 27.6 Å². The molecule has 4 rings (SSSR count). The summed E-state index contributed by atoms with van der Waals surface area (Å²) in [5, 5.41) is 7.17. The van der Waals surface area contributed by atoms with Crippen LogP contribution < -0.4 is 21.1 Å². The molecule has 1 atom stereocenters. The molecule has 0 saturated heterocycles. The van der Waals surface area contributed by atoms with Crippen molar-refractivity contribution in [3.63, 3.8) is 0 Å². The van der Waals surface area contributed by atoms with Crippen molar-refractivity contribution in [1.29, 1.82) is 0 Å². The van der Waals surface area contributed by atoms with Crippen LogP contribution in [-0.2, 0) is 4.79 Å². The molecule has 7 nitrogen and oxygen atoms in total. The van der Waals surface area contributed by atoms with Crippen molar-refractivity contribution in [3.05, 3.63) is 126 Å². The standard InChI is InChI=1S/C29H26N4O3/c1-21(27(34)32-33(23-15-7-3-8-16-23)24-17-9-4-10-18-24)30-29(36)25-19-11-12-20-26(25)31-28(35)22-13-5-2-6-14-22/h2-21H,1H3,(H,30,36)(H,31,35)(H,32,34). The summed E-state index contributed by atoms with van der Waals surface area (Å²) < 4.78 is 0. The molecule has 0 aliphatic carbocycles. The number of carbonyl (C=O) groups excluding carboxylic acids is 3. The maximum Gasteiger partial charge on any atom is 0.261 e. The van der Waals surface area contributed by atoms with Crippen molar-refractivity contribution in [3.8, 4) is 0 Å². The average Bonchev–Trinajstić information content (AvgIpc) is 2.93. The molecule has 4 aromatic carbocycles. The highest BCUT2D eigenvalue weighted by atomic mass is 16.2. The molecular formula is C29H26N4O3. The van der Waals surface area contributed by atoms with Gasteiger partial charge in [-0.25, -0.2) is 0 Å². The summed E-state index contributed by atoms with van der Waals surface area (Å²) in [5.41, 5.74) is 5.50. The number of rotatable bonds is 8. The Hall–Kier alpha value is -4.91. The van der Waals surface area contributed by atoms with Gasteiger partial charge in [0, 0.05) is 5.56 Å². The largest absolute Gasteiger partial charge is 0.340 e. The van der Waals surface area contributed by atoms with Crippen LogP contribution in [0.2, 0.25) is 0 Å². The van der Waals surface area contributed by atoms with E-state index in [9.17, 15) is 14.4 Å². The first kappa shape index (κ1) is 24.2. The Morgan fingerprint density at radius 1 is 0.639 bits per heavy atom. The van der Waals surface area contributed by atoms with Gasteiger partial charge in [0.1, 0.15) is 6.04 Å². The van der Waals surface area contributed by atoms with Crippen LogP contribution in [0, 0.1) is 0 Å². The summed E-state index contributed by atoms with van der Waals surface area (Å²) in [7, 11) is 0. The number of hydrazine groups is 1. The van der Waals surface area contributed by atoms with Gasteiger partial charge in [0.25, 0.3) is 17.7 Å². The lowest BCUT2D eigenvalue weighted by molar-refractivity contribution is -0.122. The van der Waals surface area contributed by atoms with Crippen LogP contribution in [0.3, 0.4) is 0 Å². The molecule has 3 N–H and O–H groups in total. The number of nitrogens with one attached hydrogen (secondary N) is 3. The molecule has 0 aromatic heterocycles. The third kappa shape index (κ3) is 5.95. The molecule has 0 spiro atoms. The van der Waals surface area contributed by atoms with Gasteiger partial charge in [-0.2, -0.15) is 0 Å². The number of nitrogens with zero attached hydrogens (tertiary/aromatic N) is 1. The van der Waals surface area contributed by atoms with Crippen LogP contribution in [0.15, 0.2) is 115 Å². The van der Waals surface area contributed by atoms with Gasteiger partial charge in [-0.05, 0) is 55.5 Å². The molecule has 0 heterocycles. The van der Waals surface area contributed by atoms with E-state index in [0.717, 1.165) is 11.4 Å². The second-order valence-electron chi connectivity index (χ2n) is 8.04. The normalized spacial score (nSPS) is 11.1. The lowest BCUT2D eigenvalue weighted by atomic mass is 10.1. The minimum absolute atomic E-state index is 0.254. The van der Waals surface area contributed by atoms with E-state index in [0.29, 0.717) is 11.3 Å². The zero-order valence-electron chi connectivity index (χ0n) is 19.7. The topological polar surface area (TPSA) is 90.5 Å². The number of hydrogen-bond donors (Lipinski definition) is 3. The van der Waals surface area contributed by atoms with E-state index in [-0.39, 0.29) is 11.5 Å². The Morgan fingerprint density at radius 3 is 1.72 bits per heavy atom. The van der Waals surface area contributed by atoms with Gasteiger partial charge < -0.3 is 10.6 Å². The molecule has 4 aromatic rings. The van der Waals surface area contributed by atoms with Crippen molar-refractivity contribution < 1.29 is 14.4 Å². The maximum absolute atomic E-state index is 13.1. The fourth-order valence-corrected chi connectivity index (χ4v) is 3.55. The van der Waals surface area contributed by atoms with Gasteiger partial charge in [-0.15, -0.1) is 0 Å². The molecule has 180 valence electrons. The third-order valence-electron chi connectivity index (χ3n) is 5.45. The van der Waals surface area contributed by atoms with Crippen LogP contribution in [0.4, 0.5) is 17.1 Å². The molecular weight excluding hydrogens is 452 g/mol. The van der Waals surface area contributed by atoms with Gasteiger partial charge in [-0.3, -0.25) is 24.8 Å². The highest BCUT2D eigenvalue weighted by Gasteiger charge is 2.22. The molecule has 0 saturated carbocycles. The highest BCUT2D eigenvalue weighted by molar-refractivity contribution is 6.09. The van der Waals surface area contributed by atoms with Crippen LogP contribution in [0.25, 0.3) is 0 Å². The maximum atomic E-state index is 13.1. The Kier molecular flexibility index (Phi) is 7.73. The van der Waals surface area contributed by atoms with Crippen LogP contribution >= 0.6 is 0 Å². The summed E-state index contributed by atoms with van der Waals surface area (Å²) in [4.78, 5) is 38.7. The number of carbonyl (C=O) groups is 3. The Bertz CT molecular complexity index is 1290. The quantitative estimate of drug-likeness (QED) is 0.313. The van der Waals surface area contributed by atoms with E-state index < -0.39 is 17.9 Å². The van der Waals surface area contributed by atoms with Gasteiger partial charge in [0.05, 0.1) is 22.6 Å². The number of anilines is 3. The summed E-state index contributed by atoms with van der Waals surface area (Å²) >= 11 is 0. The van der Waals surface area contributed by atoms with Crippen molar-refractivity contribution in [2.24, 2.45) is 0 Å². The third-order valence-corrected chi connectivity index (χ3v) is 5.45. The lowest BCUT2D eigenvalue weighted by Gasteiger charge is -2.27. The van der Waals surface area contributed by atoms with Crippen LogP contribution in [-0.4, -0.2) is 23.8 Å². The minimum Gasteiger partial charge on any atom is -0.340 e. The van der Waals surface area contributed by atoms with Crippen molar-refractivity contribution in [1.82, 2.24) is 10.7 Å². The molecule has 0 radical (unpaired) electrons. The van der Waals surface area contributed by atoms with E-state index in [4.69, 9.17) is 0 Å². The van der Waals surface area contributed by atoms with Gasteiger partial charge in [0.15, 0.2) is 0 Å². The second kappa shape index (κ2) is 11.5. The van der Waals surface area contributed by atoms with E-state index in [1.807, 2.05) is 66.7 Å². The first-order valence-corrected chi connectivity index (χ1v) is 11.5. The fourth-order valence-electron chi connectivity index (χ4n) is 3.55. The SMILES string of the molecule is CC(NC(=O)c1ccccc1NC(=O)c1ccccc1)C(=O)NN(c1ccccc1)c1ccccc1. The molecule has 36 heavy (non-hydrogen) atoms. The molecule has 7 heteroatoms. The molecule has 0 aliphatic heterocycles. The predicted molar refractivity (Wildman–Crippen MR) is 141 cm³/mol. The molecule has 3 amide bonds. The minimum atomic E-state index is -0.856. The molecule has 0 aliphatic rings. The van der Waals surface area contributed by atoms with E-state index in [1.165, 1.54) is 0 Å².